The Labute approximate surface area is 134 Å². The summed E-state index contributed by atoms with van der Waals surface area (Å²) < 4.78 is 5.32. The van der Waals surface area contributed by atoms with Crippen molar-refractivity contribution < 1.29 is 9.53 Å². The van der Waals surface area contributed by atoms with Gasteiger partial charge < -0.3 is 19.9 Å². The molecule has 2 aliphatic heterocycles. The van der Waals surface area contributed by atoms with E-state index in [4.69, 9.17) is 4.74 Å². The number of urea groups is 1. The van der Waals surface area contributed by atoms with E-state index in [1.54, 1.807) is 11.3 Å². The molecule has 22 heavy (non-hydrogen) atoms. The number of rotatable bonds is 4. The lowest BCUT2D eigenvalue weighted by Crippen LogP contribution is -2.52. The van der Waals surface area contributed by atoms with E-state index in [-0.39, 0.29) is 6.03 Å². The SMILES string of the molecule is O=C(NCCN1CCOCC1)N1CCN(c2nccs2)CC1. The van der Waals surface area contributed by atoms with Crippen molar-refractivity contribution in [2.45, 2.75) is 0 Å². The maximum Gasteiger partial charge on any atom is 0.317 e. The number of aromatic nitrogens is 1. The van der Waals surface area contributed by atoms with Gasteiger partial charge in [0.25, 0.3) is 0 Å². The second-order valence-corrected chi connectivity index (χ2v) is 6.35. The molecule has 0 aliphatic carbocycles. The van der Waals surface area contributed by atoms with Gasteiger partial charge in [-0.15, -0.1) is 11.3 Å². The number of nitrogens with one attached hydrogen (secondary N) is 1. The Balaban J connectivity index is 1.35. The normalized spacial score (nSPS) is 20.2. The zero-order chi connectivity index (χ0) is 15.2. The minimum atomic E-state index is 0.0482. The Morgan fingerprint density at radius 2 is 2.00 bits per heavy atom. The molecule has 3 rings (SSSR count). The second kappa shape index (κ2) is 7.75. The van der Waals surface area contributed by atoms with Crippen LogP contribution in [-0.2, 0) is 4.74 Å². The Morgan fingerprint density at radius 3 is 2.68 bits per heavy atom. The van der Waals surface area contributed by atoms with Crippen LogP contribution in [0.25, 0.3) is 0 Å². The van der Waals surface area contributed by atoms with E-state index in [9.17, 15) is 4.79 Å². The average Bonchev–Trinajstić information content (AvgIpc) is 3.10. The first kappa shape index (κ1) is 15.5. The lowest BCUT2D eigenvalue weighted by atomic mass is 10.3. The third-order valence-electron chi connectivity index (χ3n) is 4.06. The highest BCUT2D eigenvalue weighted by Gasteiger charge is 2.22. The highest BCUT2D eigenvalue weighted by molar-refractivity contribution is 7.13. The smallest absolute Gasteiger partial charge is 0.317 e. The fourth-order valence-electron chi connectivity index (χ4n) is 2.73. The first-order valence-electron chi connectivity index (χ1n) is 7.80. The molecule has 0 saturated carbocycles. The average molecular weight is 325 g/mol. The van der Waals surface area contributed by atoms with Crippen molar-refractivity contribution in [3.63, 3.8) is 0 Å². The lowest BCUT2D eigenvalue weighted by molar-refractivity contribution is 0.0386. The van der Waals surface area contributed by atoms with Gasteiger partial charge in [0, 0.05) is 63.9 Å². The van der Waals surface area contributed by atoms with Crippen LogP contribution >= 0.6 is 11.3 Å². The van der Waals surface area contributed by atoms with E-state index >= 15 is 0 Å². The molecule has 0 bridgehead atoms. The van der Waals surface area contributed by atoms with Crippen LogP contribution in [0.2, 0.25) is 0 Å². The van der Waals surface area contributed by atoms with E-state index in [2.05, 4.69) is 20.1 Å². The third-order valence-corrected chi connectivity index (χ3v) is 4.90. The van der Waals surface area contributed by atoms with Crippen molar-refractivity contribution in [3.05, 3.63) is 11.6 Å². The van der Waals surface area contributed by atoms with Crippen molar-refractivity contribution in [1.29, 1.82) is 0 Å². The van der Waals surface area contributed by atoms with E-state index in [0.29, 0.717) is 6.54 Å². The maximum atomic E-state index is 12.2. The number of amides is 2. The summed E-state index contributed by atoms with van der Waals surface area (Å²) in [6.45, 7) is 8.32. The van der Waals surface area contributed by atoms with Gasteiger partial charge in [0.1, 0.15) is 0 Å². The van der Waals surface area contributed by atoms with Crippen LogP contribution in [-0.4, -0.2) is 86.4 Å². The number of hydrogen-bond donors (Lipinski definition) is 1. The van der Waals surface area contributed by atoms with Gasteiger partial charge in [-0.2, -0.15) is 0 Å². The van der Waals surface area contributed by atoms with Gasteiger partial charge >= 0.3 is 6.03 Å². The molecule has 1 aromatic rings. The topological polar surface area (TPSA) is 60.9 Å². The zero-order valence-electron chi connectivity index (χ0n) is 12.7. The van der Waals surface area contributed by atoms with E-state index in [0.717, 1.165) is 64.2 Å². The molecule has 122 valence electrons. The van der Waals surface area contributed by atoms with Gasteiger partial charge in [0.05, 0.1) is 13.2 Å². The van der Waals surface area contributed by atoms with Gasteiger partial charge in [0.2, 0.25) is 0 Å². The molecule has 2 saturated heterocycles. The quantitative estimate of drug-likeness (QED) is 0.863. The summed E-state index contributed by atoms with van der Waals surface area (Å²) in [5, 5.41) is 6.06. The Morgan fingerprint density at radius 1 is 1.23 bits per heavy atom. The van der Waals surface area contributed by atoms with Crippen molar-refractivity contribution >= 4 is 22.5 Å². The van der Waals surface area contributed by atoms with Crippen LogP contribution in [0.3, 0.4) is 0 Å². The summed E-state index contributed by atoms with van der Waals surface area (Å²) in [5.74, 6) is 0. The molecule has 0 radical (unpaired) electrons. The minimum absolute atomic E-state index is 0.0482. The number of piperazine rings is 1. The van der Waals surface area contributed by atoms with Gasteiger partial charge in [-0.1, -0.05) is 0 Å². The first-order chi connectivity index (χ1) is 10.8. The molecule has 0 atom stereocenters. The molecular weight excluding hydrogens is 302 g/mol. The number of carbonyl (C=O) groups is 1. The molecule has 2 fully saturated rings. The molecule has 2 aliphatic rings. The number of ether oxygens (including phenoxy) is 1. The van der Waals surface area contributed by atoms with Crippen LogP contribution in [0.5, 0.6) is 0 Å². The molecule has 0 unspecified atom stereocenters. The van der Waals surface area contributed by atoms with Gasteiger partial charge in [-0.25, -0.2) is 9.78 Å². The van der Waals surface area contributed by atoms with E-state index < -0.39 is 0 Å². The molecule has 0 spiro atoms. The monoisotopic (exact) mass is 325 g/mol. The summed E-state index contributed by atoms with van der Waals surface area (Å²) in [6.07, 6.45) is 1.82. The van der Waals surface area contributed by atoms with Crippen molar-refractivity contribution in [2.24, 2.45) is 0 Å². The van der Waals surface area contributed by atoms with Crippen LogP contribution in [0.15, 0.2) is 11.6 Å². The first-order valence-corrected chi connectivity index (χ1v) is 8.68. The number of morpholine rings is 1. The molecule has 8 heteroatoms. The van der Waals surface area contributed by atoms with Gasteiger partial charge in [-0.05, 0) is 0 Å². The molecule has 0 aromatic carbocycles. The van der Waals surface area contributed by atoms with E-state index in [1.165, 1.54) is 0 Å². The van der Waals surface area contributed by atoms with Crippen LogP contribution < -0.4 is 10.2 Å². The molecule has 1 N–H and O–H groups in total. The van der Waals surface area contributed by atoms with Gasteiger partial charge in [0.15, 0.2) is 5.13 Å². The molecular formula is C14H23N5O2S. The summed E-state index contributed by atoms with van der Waals surface area (Å²) in [6, 6.07) is 0.0482. The van der Waals surface area contributed by atoms with Crippen LogP contribution in [0, 0.1) is 0 Å². The van der Waals surface area contributed by atoms with Crippen LogP contribution in [0.4, 0.5) is 9.93 Å². The summed E-state index contributed by atoms with van der Waals surface area (Å²) in [7, 11) is 0. The Bertz CT molecular complexity index is 456. The standard InChI is InChI=1S/C14H23N5O2S/c20-13(15-1-3-17-8-10-21-11-9-17)18-4-6-19(7-5-18)14-16-2-12-22-14/h2,12H,1,3-11H2,(H,15,20). The number of anilines is 1. The number of nitrogens with zero attached hydrogens (tertiary/aromatic N) is 4. The summed E-state index contributed by atoms with van der Waals surface area (Å²) in [5.41, 5.74) is 0. The highest BCUT2D eigenvalue weighted by atomic mass is 32.1. The fraction of sp³-hybridized carbons (Fsp3) is 0.714. The van der Waals surface area contributed by atoms with E-state index in [1.807, 2.05) is 16.5 Å². The predicted octanol–water partition coefficient (Wildman–Crippen LogP) is 0.307. The highest BCUT2D eigenvalue weighted by Crippen LogP contribution is 2.18. The summed E-state index contributed by atoms with van der Waals surface area (Å²) >= 11 is 1.65. The minimum Gasteiger partial charge on any atom is -0.379 e. The fourth-order valence-corrected chi connectivity index (χ4v) is 3.43. The molecule has 2 amide bonds. The zero-order valence-corrected chi connectivity index (χ0v) is 13.6. The van der Waals surface area contributed by atoms with Crippen LogP contribution in [0.1, 0.15) is 0 Å². The molecule has 7 nitrogen and oxygen atoms in total. The molecule has 3 heterocycles. The summed E-state index contributed by atoms with van der Waals surface area (Å²) in [4.78, 5) is 22.9. The van der Waals surface area contributed by atoms with Crippen molar-refractivity contribution in [3.8, 4) is 0 Å². The number of carbonyl (C=O) groups excluding carboxylic acids is 1. The van der Waals surface area contributed by atoms with Crippen molar-refractivity contribution in [2.75, 3.05) is 70.5 Å². The largest absolute Gasteiger partial charge is 0.379 e. The lowest BCUT2D eigenvalue weighted by Gasteiger charge is -2.34. The maximum absolute atomic E-state index is 12.2. The number of hydrogen-bond acceptors (Lipinski definition) is 6. The third kappa shape index (κ3) is 4.08. The second-order valence-electron chi connectivity index (χ2n) is 5.47. The molecule has 1 aromatic heterocycles. The van der Waals surface area contributed by atoms with Crippen molar-refractivity contribution in [1.82, 2.24) is 20.1 Å². The Hall–Kier alpha value is -1.38. The predicted molar refractivity (Wildman–Crippen MR) is 86.6 cm³/mol. The van der Waals surface area contributed by atoms with Gasteiger partial charge in [-0.3, -0.25) is 4.90 Å². The number of thiazole rings is 1. The Kier molecular flexibility index (Phi) is 5.47.